The van der Waals surface area contributed by atoms with Crippen molar-refractivity contribution in [1.29, 1.82) is 0 Å². The Kier molecular flexibility index (Phi) is 3.92. The summed E-state index contributed by atoms with van der Waals surface area (Å²) in [5, 5.41) is 2.78. The molecule has 0 amide bonds. The van der Waals surface area contributed by atoms with Crippen LogP contribution in [-0.4, -0.2) is 14.5 Å². The van der Waals surface area contributed by atoms with Crippen molar-refractivity contribution in [1.82, 2.24) is 14.5 Å². The van der Waals surface area contributed by atoms with Gasteiger partial charge < -0.3 is 4.74 Å². The minimum Gasteiger partial charge on any atom is -0.430 e. The molecule has 30 heavy (non-hydrogen) atoms. The smallest absolute Gasteiger partial charge is 0.281 e. The van der Waals surface area contributed by atoms with Crippen molar-refractivity contribution in [3.8, 4) is 22.1 Å². The zero-order valence-corrected chi connectivity index (χ0v) is 16.9. The van der Waals surface area contributed by atoms with Gasteiger partial charge in [0.2, 0.25) is 0 Å². The lowest BCUT2D eigenvalue weighted by molar-refractivity contribution is 0.482. The molecule has 1 aliphatic rings. The Morgan fingerprint density at radius 2 is 1.70 bits per heavy atom. The van der Waals surface area contributed by atoms with Gasteiger partial charge in [-0.2, -0.15) is 4.98 Å². The molecule has 0 unspecified atom stereocenters. The molecular weight excluding hydrogens is 394 g/mol. The molecule has 146 valence electrons. The topological polar surface area (TPSA) is 57.0 Å². The Bertz CT molecular complexity index is 1480. The maximum absolute atomic E-state index is 12.7. The Balaban J connectivity index is 1.46. The average molecular weight is 411 g/mol. The summed E-state index contributed by atoms with van der Waals surface area (Å²) in [6, 6.07) is 22.5. The summed E-state index contributed by atoms with van der Waals surface area (Å²) in [4.78, 5) is 22.5. The fraction of sp³-hybridized carbons (Fsp3) is 0.125. The Morgan fingerprint density at radius 1 is 0.900 bits per heavy atom. The van der Waals surface area contributed by atoms with Gasteiger partial charge in [0.15, 0.2) is 10.3 Å². The molecule has 0 saturated heterocycles. The molecular formula is C24H17N3O2S. The first kappa shape index (κ1) is 17.4. The molecule has 0 N–H and O–H groups in total. The van der Waals surface area contributed by atoms with E-state index >= 15 is 0 Å². The fourth-order valence-corrected chi connectivity index (χ4v) is 4.94. The van der Waals surface area contributed by atoms with Gasteiger partial charge in [-0.1, -0.05) is 72.0 Å². The number of ether oxygens (including phenoxy) is 1. The van der Waals surface area contributed by atoms with E-state index in [1.807, 2.05) is 36.4 Å². The van der Waals surface area contributed by atoms with Crippen molar-refractivity contribution in [2.45, 2.75) is 19.4 Å². The van der Waals surface area contributed by atoms with Crippen molar-refractivity contribution in [3.05, 3.63) is 82.9 Å². The Hall–Kier alpha value is -3.51. The van der Waals surface area contributed by atoms with E-state index in [1.165, 1.54) is 16.7 Å². The van der Waals surface area contributed by atoms with Gasteiger partial charge in [-0.25, -0.2) is 4.98 Å². The van der Waals surface area contributed by atoms with E-state index in [0.717, 1.165) is 41.7 Å². The summed E-state index contributed by atoms with van der Waals surface area (Å²) in [5.74, 6) is 1.56. The van der Waals surface area contributed by atoms with Crippen LogP contribution in [0.4, 0.5) is 0 Å². The Labute approximate surface area is 176 Å². The van der Waals surface area contributed by atoms with E-state index in [0.29, 0.717) is 21.3 Å². The van der Waals surface area contributed by atoms with Gasteiger partial charge in [0.25, 0.3) is 10.8 Å². The van der Waals surface area contributed by atoms with Crippen LogP contribution in [0.25, 0.3) is 32.2 Å². The minimum absolute atomic E-state index is 0.0686. The number of hydrogen-bond donors (Lipinski definition) is 0. The maximum Gasteiger partial charge on any atom is 0.281 e. The molecule has 2 aromatic heterocycles. The quantitative estimate of drug-likeness (QED) is 0.398. The minimum atomic E-state index is -0.0686. The van der Waals surface area contributed by atoms with Crippen molar-refractivity contribution in [2.75, 3.05) is 0 Å². The van der Waals surface area contributed by atoms with Gasteiger partial charge in [-0.05, 0) is 28.8 Å². The number of aryl methyl sites for hydroxylation is 1. The highest BCUT2D eigenvalue weighted by Crippen LogP contribution is 2.38. The van der Waals surface area contributed by atoms with Crippen LogP contribution in [0.2, 0.25) is 0 Å². The van der Waals surface area contributed by atoms with Crippen LogP contribution in [0.3, 0.4) is 0 Å². The number of aromatic nitrogens is 3. The molecule has 0 bridgehead atoms. The SMILES string of the molecule is O=c1c2nc(Oc3ccccc3-c3cccc4ccccc34)sc2nc2n1CCC2. The Morgan fingerprint density at radius 3 is 2.67 bits per heavy atom. The van der Waals surface area contributed by atoms with Crippen LogP contribution < -0.4 is 10.3 Å². The summed E-state index contributed by atoms with van der Waals surface area (Å²) in [6.45, 7) is 0.717. The first-order chi connectivity index (χ1) is 14.8. The monoisotopic (exact) mass is 411 g/mol. The van der Waals surface area contributed by atoms with E-state index in [4.69, 9.17) is 4.74 Å². The van der Waals surface area contributed by atoms with Gasteiger partial charge in [0.1, 0.15) is 11.6 Å². The third-order valence-electron chi connectivity index (χ3n) is 5.53. The fourth-order valence-electron chi connectivity index (χ4n) is 4.12. The van der Waals surface area contributed by atoms with Crippen molar-refractivity contribution < 1.29 is 4.74 Å². The molecule has 5 aromatic rings. The van der Waals surface area contributed by atoms with E-state index in [-0.39, 0.29) is 5.56 Å². The predicted octanol–water partition coefficient (Wildman–Crippen LogP) is 5.41. The molecule has 6 rings (SSSR count). The molecule has 0 saturated carbocycles. The number of nitrogens with zero attached hydrogens (tertiary/aromatic N) is 3. The highest BCUT2D eigenvalue weighted by molar-refractivity contribution is 7.19. The first-order valence-corrected chi connectivity index (χ1v) is 10.7. The van der Waals surface area contributed by atoms with Crippen molar-refractivity contribution in [3.63, 3.8) is 0 Å². The number of rotatable bonds is 3. The van der Waals surface area contributed by atoms with Crippen LogP contribution in [0.15, 0.2) is 71.5 Å². The van der Waals surface area contributed by atoms with E-state index in [2.05, 4.69) is 40.3 Å². The second-order valence-electron chi connectivity index (χ2n) is 7.35. The average Bonchev–Trinajstić information content (AvgIpc) is 3.41. The third kappa shape index (κ3) is 2.72. The number of hydrogen-bond acceptors (Lipinski definition) is 5. The van der Waals surface area contributed by atoms with Gasteiger partial charge in [-0.3, -0.25) is 9.36 Å². The molecule has 0 spiro atoms. The van der Waals surface area contributed by atoms with Crippen LogP contribution in [-0.2, 0) is 13.0 Å². The standard InChI is InChI=1S/C24H17N3O2S/c28-23-21-22(25-20-13-6-14-27(20)23)30-24(26-21)29-19-12-4-3-10-18(19)17-11-5-8-15-7-1-2-9-16(15)17/h1-5,7-12H,6,13-14H2. The van der Waals surface area contributed by atoms with Crippen LogP contribution in [0.5, 0.6) is 10.9 Å². The van der Waals surface area contributed by atoms with Gasteiger partial charge in [0.05, 0.1) is 0 Å². The molecule has 3 aromatic carbocycles. The molecule has 5 nitrogen and oxygen atoms in total. The second-order valence-corrected chi connectivity index (χ2v) is 8.29. The normalized spacial score (nSPS) is 13.1. The van der Waals surface area contributed by atoms with Crippen LogP contribution in [0.1, 0.15) is 12.2 Å². The van der Waals surface area contributed by atoms with E-state index in [1.54, 1.807) is 4.57 Å². The summed E-state index contributed by atoms with van der Waals surface area (Å²) < 4.78 is 7.94. The highest BCUT2D eigenvalue weighted by Gasteiger charge is 2.20. The van der Waals surface area contributed by atoms with Crippen LogP contribution >= 0.6 is 11.3 Å². The highest BCUT2D eigenvalue weighted by atomic mass is 32.1. The predicted molar refractivity (Wildman–Crippen MR) is 119 cm³/mol. The molecule has 3 heterocycles. The third-order valence-corrected chi connectivity index (χ3v) is 6.35. The number of fused-ring (bicyclic) bond motifs is 3. The molecule has 0 aliphatic carbocycles. The molecule has 0 atom stereocenters. The lowest BCUT2D eigenvalue weighted by Crippen LogP contribution is -2.20. The second kappa shape index (κ2) is 6.78. The zero-order chi connectivity index (χ0) is 20.1. The first-order valence-electron chi connectivity index (χ1n) is 9.93. The summed E-state index contributed by atoms with van der Waals surface area (Å²) in [7, 11) is 0. The van der Waals surface area contributed by atoms with Crippen molar-refractivity contribution in [2.24, 2.45) is 0 Å². The summed E-state index contributed by atoms with van der Waals surface area (Å²) in [6.07, 6.45) is 1.80. The lowest BCUT2D eigenvalue weighted by atomic mass is 9.98. The summed E-state index contributed by atoms with van der Waals surface area (Å²) >= 11 is 1.32. The lowest BCUT2D eigenvalue weighted by Gasteiger charge is -2.11. The molecule has 1 aliphatic heterocycles. The largest absolute Gasteiger partial charge is 0.430 e. The molecule has 6 heteroatoms. The van der Waals surface area contributed by atoms with E-state index < -0.39 is 0 Å². The van der Waals surface area contributed by atoms with Gasteiger partial charge in [0, 0.05) is 18.5 Å². The number of benzene rings is 3. The maximum atomic E-state index is 12.7. The van der Waals surface area contributed by atoms with Gasteiger partial charge in [-0.15, -0.1) is 0 Å². The van der Waals surface area contributed by atoms with Crippen molar-refractivity contribution >= 4 is 32.5 Å². The summed E-state index contributed by atoms with van der Waals surface area (Å²) in [5.41, 5.74) is 2.41. The number of thiazole rings is 1. The zero-order valence-electron chi connectivity index (χ0n) is 16.0. The van der Waals surface area contributed by atoms with Gasteiger partial charge >= 0.3 is 0 Å². The van der Waals surface area contributed by atoms with E-state index in [9.17, 15) is 4.79 Å². The molecule has 0 fully saturated rings. The number of para-hydroxylation sites is 1. The van der Waals surface area contributed by atoms with Crippen LogP contribution in [0, 0.1) is 0 Å². The molecule has 0 radical (unpaired) electrons.